The van der Waals surface area contributed by atoms with Crippen molar-refractivity contribution >= 4 is 11.7 Å². The Hall–Kier alpha value is -2.36. The first-order valence-electron chi connectivity index (χ1n) is 7.05. The number of methoxy groups -OCH3 is 1. The summed E-state index contributed by atoms with van der Waals surface area (Å²) in [5.74, 6) is -0.649. The van der Waals surface area contributed by atoms with Gasteiger partial charge in [0.15, 0.2) is 0 Å². The van der Waals surface area contributed by atoms with Crippen LogP contribution in [0.4, 0.5) is 19.0 Å². The van der Waals surface area contributed by atoms with Crippen LogP contribution in [0.25, 0.3) is 0 Å². The molecule has 2 aromatic rings. The third-order valence-corrected chi connectivity index (χ3v) is 3.04. The van der Waals surface area contributed by atoms with E-state index < -0.39 is 23.4 Å². The van der Waals surface area contributed by atoms with E-state index in [2.05, 4.69) is 15.5 Å². The smallest absolute Gasteiger partial charge is 0.378 e. The number of hydrogen-bond donors (Lipinski definition) is 1. The topological polar surface area (TPSA) is 74.0 Å². The number of nitrogens with one attached hydrogen (secondary N) is 1. The number of nitrogens with zero attached hydrogens (tertiary/aromatic N) is 4. The zero-order chi connectivity index (χ0) is 18.1. The van der Waals surface area contributed by atoms with Gasteiger partial charge in [0.1, 0.15) is 11.5 Å². The fourth-order valence-electron chi connectivity index (χ4n) is 2.12. The maximum atomic E-state index is 13.1. The highest BCUT2D eigenvalue weighted by Crippen LogP contribution is 2.25. The number of anilines is 1. The monoisotopic (exact) mass is 345 g/mol. The van der Waals surface area contributed by atoms with Crippen molar-refractivity contribution < 1.29 is 22.7 Å². The molecule has 2 heterocycles. The molecule has 0 aliphatic heterocycles. The van der Waals surface area contributed by atoms with Crippen molar-refractivity contribution in [2.75, 3.05) is 12.4 Å². The first-order chi connectivity index (χ1) is 11.0. The van der Waals surface area contributed by atoms with E-state index in [1.54, 1.807) is 0 Å². The average Bonchev–Trinajstić information content (AvgIpc) is 3.04. The first kappa shape index (κ1) is 18.0. The molecule has 0 saturated heterocycles. The van der Waals surface area contributed by atoms with Crippen LogP contribution >= 0.6 is 0 Å². The van der Waals surface area contributed by atoms with Crippen LogP contribution in [-0.2, 0) is 23.2 Å². The molecule has 132 valence electrons. The lowest BCUT2D eigenvalue weighted by atomic mass is 10.1. The van der Waals surface area contributed by atoms with Gasteiger partial charge in [-0.3, -0.25) is 4.79 Å². The van der Waals surface area contributed by atoms with Gasteiger partial charge < -0.3 is 10.1 Å². The third kappa shape index (κ3) is 3.75. The van der Waals surface area contributed by atoms with Gasteiger partial charge >= 0.3 is 6.30 Å². The van der Waals surface area contributed by atoms with Gasteiger partial charge in [-0.15, -0.1) is 13.2 Å². The summed E-state index contributed by atoms with van der Waals surface area (Å²) in [7, 11) is 1.33. The Kier molecular flexibility index (Phi) is 4.70. The molecule has 0 aromatic carbocycles. The number of halogens is 3. The first-order valence-corrected chi connectivity index (χ1v) is 7.05. The van der Waals surface area contributed by atoms with E-state index in [1.165, 1.54) is 24.1 Å². The van der Waals surface area contributed by atoms with E-state index in [0.717, 1.165) is 6.07 Å². The molecule has 0 spiro atoms. The van der Waals surface area contributed by atoms with Crippen LogP contribution in [0.2, 0.25) is 0 Å². The summed E-state index contributed by atoms with van der Waals surface area (Å²) in [4.78, 5) is 12.3. The standard InChI is InChI=1S/C14H18F3N5O2/c1-13(2,3)22-11(5-6-18-22)19-12(23)10-7-9(8-24-4)20-21(10)14(15,16)17/h5-7H,8H2,1-4H3,(H,19,23). The van der Waals surface area contributed by atoms with Gasteiger partial charge in [0.05, 0.1) is 24.0 Å². The van der Waals surface area contributed by atoms with Crippen molar-refractivity contribution in [3.63, 3.8) is 0 Å². The fraction of sp³-hybridized carbons (Fsp3) is 0.500. The van der Waals surface area contributed by atoms with Crippen molar-refractivity contribution in [2.45, 2.75) is 39.2 Å². The number of amides is 1. The Morgan fingerprint density at radius 2 is 1.96 bits per heavy atom. The van der Waals surface area contributed by atoms with Crippen LogP contribution < -0.4 is 5.32 Å². The number of rotatable bonds is 4. The third-order valence-electron chi connectivity index (χ3n) is 3.04. The lowest BCUT2D eigenvalue weighted by Gasteiger charge is -2.22. The Labute approximate surface area is 136 Å². The molecular formula is C14H18F3N5O2. The quantitative estimate of drug-likeness (QED) is 0.925. The van der Waals surface area contributed by atoms with Crippen LogP contribution in [0, 0.1) is 0 Å². The van der Waals surface area contributed by atoms with E-state index in [-0.39, 0.29) is 22.8 Å². The zero-order valence-electron chi connectivity index (χ0n) is 13.7. The van der Waals surface area contributed by atoms with Crippen LogP contribution in [0.1, 0.15) is 37.0 Å². The molecule has 1 N–H and O–H groups in total. The lowest BCUT2D eigenvalue weighted by Crippen LogP contribution is -2.29. The molecule has 0 bridgehead atoms. The number of aromatic nitrogens is 4. The van der Waals surface area contributed by atoms with Crippen molar-refractivity contribution in [1.82, 2.24) is 19.6 Å². The number of carbonyl (C=O) groups is 1. The molecule has 24 heavy (non-hydrogen) atoms. The summed E-state index contributed by atoms with van der Waals surface area (Å²) in [6.45, 7) is 5.42. The van der Waals surface area contributed by atoms with E-state index >= 15 is 0 Å². The maximum absolute atomic E-state index is 13.1. The van der Waals surface area contributed by atoms with E-state index in [9.17, 15) is 18.0 Å². The second-order valence-corrected chi connectivity index (χ2v) is 6.09. The van der Waals surface area contributed by atoms with Crippen molar-refractivity contribution in [3.05, 3.63) is 29.7 Å². The van der Waals surface area contributed by atoms with Gasteiger partial charge in [-0.1, -0.05) is 0 Å². The highest BCUT2D eigenvalue weighted by Gasteiger charge is 2.37. The molecule has 0 unspecified atom stereocenters. The van der Waals surface area contributed by atoms with Gasteiger partial charge in [-0.25, -0.2) is 4.68 Å². The summed E-state index contributed by atoms with van der Waals surface area (Å²) < 4.78 is 45.2. The Bertz CT molecular complexity index is 728. The Morgan fingerprint density at radius 1 is 1.29 bits per heavy atom. The summed E-state index contributed by atoms with van der Waals surface area (Å²) in [5, 5.41) is 9.89. The molecule has 2 rings (SSSR count). The van der Waals surface area contributed by atoms with Gasteiger partial charge in [-0.05, 0) is 26.8 Å². The Morgan fingerprint density at radius 3 is 2.50 bits per heavy atom. The molecule has 0 fully saturated rings. The number of hydrogen-bond acceptors (Lipinski definition) is 4. The highest BCUT2D eigenvalue weighted by molar-refractivity contribution is 6.02. The SMILES string of the molecule is COCc1cc(C(=O)Nc2ccnn2C(C)(C)C)n(C(F)(F)F)n1. The van der Waals surface area contributed by atoms with Gasteiger partial charge in [0.2, 0.25) is 0 Å². The minimum atomic E-state index is -4.82. The van der Waals surface area contributed by atoms with Crippen LogP contribution in [-0.4, -0.2) is 32.6 Å². The molecule has 7 nitrogen and oxygen atoms in total. The van der Waals surface area contributed by atoms with Gasteiger partial charge in [-0.2, -0.15) is 14.9 Å². The molecule has 0 aliphatic carbocycles. The molecule has 0 saturated carbocycles. The zero-order valence-corrected chi connectivity index (χ0v) is 13.7. The van der Waals surface area contributed by atoms with Crippen molar-refractivity contribution in [3.8, 4) is 0 Å². The molecule has 2 aromatic heterocycles. The molecule has 0 radical (unpaired) electrons. The second kappa shape index (κ2) is 6.27. The van der Waals surface area contributed by atoms with Crippen molar-refractivity contribution in [2.24, 2.45) is 0 Å². The van der Waals surface area contributed by atoms with Gasteiger partial charge in [0, 0.05) is 13.2 Å². The maximum Gasteiger partial charge on any atom is 0.505 e. The van der Waals surface area contributed by atoms with Gasteiger partial charge in [0.25, 0.3) is 5.91 Å². The minimum absolute atomic E-state index is 0.00399. The van der Waals surface area contributed by atoms with Crippen LogP contribution in [0.5, 0.6) is 0 Å². The molecule has 0 atom stereocenters. The summed E-state index contributed by atoms with van der Waals surface area (Å²) in [5.41, 5.74) is -1.07. The predicted octanol–water partition coefficient (Wildman–Crippen LogP) is 2.71. The van der Waals surface area contributed by atoms with Crippen LogP contribution in [0.15, 0.2) is 18.3 Å². The average molecular weight is 345 g/mol. The summed E-state index contributed by atoms with van der Waals surface area (Å²) in [6, 6.07) is 2.55. The fourth-order valence-corrected chi connectivity index (χ4v) is 2.12. The van der Waals surface area contributed by atoms with E-state index in [4.69, 9.17) is 4.74 Å². The normalized spacial score (nSPS) is 12.5. The van der Waals surface area contributed by atoms with Crippen LogP contribution in [0.3, 0.4) is 0 Å². The lowest BCUT2D eigenvalue weighted by molar-refractivity contribution is -0.213. The largest absolute Gasteiger partial charge is 0.505 e. The summed E-state index contributed by atoms with van der Waals surface area (Å²) >= 11 is 0. The second-order valence-electron chi connectivity index (χ2n) is 6.09. The highest BCUT2D eigenvalue weighted by atomic mass is 19.4. The van der Waals surface area contributed by atoms with Crippen molar-refractivity contribution in [1.29, 1.82) is 0 Å². The predicted molar refractivity (Wildman–Crippen MR) is 79.4 cm³/mol. The van der Waals surface area contributed by atoms with E-state index in [0.29, 0.717) is 0 Å². The minimum Gasteiger partial charge on any atom is -0.378 e. The number of carbonyl (C=O) groups excluding carboxylic acids is 1. The van der Waals surface area contributed by atoms with E-state index in [1.807, 2.05) is 20.8 Å². The molecule has 10 heteroatoms. The Balaban J connectivity index is 2.35. The summed E-state index contributed by atoms with van der Waals surface area (Å²) in [6.07, 6.45) is -3.36. The number of alkyl halides is 3. The molecular weight excluding hydrogens is 327 g/mol. The molecule has 0 aliphatic rings. The number of ether oxygens (including phenoxy) is 1. The molecule has 1 amide bonds.